The predicted octanol–water partition coefficient (Wildman–Crippen LogP) is 4.74. The number of carboxylic acid groups (broad SMARTS) is 1. The van der Waals surface area contributed by atoms with Crippen molar-refractivity contribution in [1.82, 2.24) is 10.3 Å². The highest BCUT2D eigenvalue weighted by atomic mass is 16.4. The van der Waals surface area contributed by atoms with E-state index in [4.69, 9.17) is 0 Å². The van der Waals surface area contributed by atoms with Gasteiger partial charge in [0.2, 0.25) is 5.91 Å². The molecule has 1 heterocycles. The quantitative estimate of drug-likeness (QED) is 0.493. The van der Waals surface area contributed by atoms with Crippen molar-refractivity contribution in [2.24, 2.45) is 5.92 Å². The summed E-state index contributed by atoms with van der Waals surface area (Å²) in [6, 6.07) is 17.2. The van der Waals surface area contributed by atoms with Crippen molar-refractivity contribution < 1.29 is 19.5 Å². The van der Waals surface area contributed by atoms with Gasteiger partial charge in [0, 0.05) is 23.2 Å². The lowest BCUT2D eigenvalue weighted by Crippen LogP contribution is -2.51. The number of aliphatic carboxylic acids is 1. The number of hydrogen-bond acceptors (Lipinski definition) is 4. The van der Waals surface area contributed by atoms with Crippen LogP contribution in [-0.2, 0) is 9.59 Å². The number of carboxylic acids is 1. The minimum absolute atomic E-state index is 0.164. The van der Waals surface area contributed by atoms with Crippen molar-refractivity contribution in [1.29, 1.82) is 0 Å². The maximum Gasteiger partial charge on any atom is 0.328 e. The first-order valence-electron chi connectivity index (χ1n) is 11.5. The van der Waals surface area contributed by atoms with Gasteiger partial charge in [-0.25, -0.2) is 4.79 Å². The second-order valence-electron chi connectivity index (χ2n) is 9.42. The minimum atomic E-state index is -1.27. The number of amides is 2. The number of rotatable bonds is 6. The molecular weight excluding hydrogens is 430 g/mol. The average molecular weight is 460 g/mol. The number of fused-ring (bicyclic) bond motifs is 1. The number of pyridine rings is 1. The molecule has 0 spiro atoms. The summed E-state index contributed by atoms with van der Waals surface area (Å²) in [5.74, 6) is -1.26. The summed E-state index contributed by atoms with van der Waals surface area (Å²) < 4.78 is 0. The molecular formula is C27H29N3O4. The molecule has 3 N–H and O–H groups in total. The van der Waals surface area contributed by atoms with Crippen LogP contribution in [0.25, 0.3) is 10.9 Å². The molecule has 7 heteroatoms. The number of hydrogen-bond donors (Lipinski definition) is 3. The Hall–Kier alpha value is -3.74. The van der Waals surface area contributed by atoms with Gasteiger partial charge in [-0.15, -0.1) is 0 Å². The van der Waals surface area contributed by atoms with Crippen molar-refractivity contribution in [2.45, 2.75) is 51.0 Å². The molecule has 1 fully saturated rings. The molecule has 1 aliphatic rings. The second kappa shape index (κ2) is 9.63. The summed E-state index contributed by atoms with van der Waals surface area (Å²) >= 11 is 0. The predicted molar refractivity (Wildman–Crippen MR) is 131 cm³/mol. The van der Waals surface area contributed by atoms with Crippen LogP contribution < -0.4 is 10.6 Å². The topological polar surface area (TPSA) is 108 Å². The lowest BCUT2D eigenvalue weighted by molar-refractivity contribution is -0.146. The van der Waals surface area contributed by atoms with Crippen molar-refractivity contribution >= 4 is 34.4 Å². The summed E-state index contributed by atoms with van der Waals surface area (Å²) in [5, 5.41) is 15.7. The van der Waals surface area contributed by atoms with Gasteiger partial charge in [-0.3, -0.25) is 14.6 Å². The number of carbonyl (C=O) groups is 3. The lowest BCUT2D eigenvalue weighted by atomic mass is 9.78. The highest BCUT2D eigenvalue weighted by molar-refractivity contribution is 6.11. The average Bonchev–Trinajstić information content (AvgIpc) is 2.84. The molecule has 7 nitrogen and oxygen atoms in total. The molecule has 1 aromatic heterocycles. The third-order valence-corrected chi connectivity index (χ3v) is 6.59. The number of nitrogens with one attached hydrogen (secondary N) is 2. The molecule has 4 rings (SSSR count). The van der Waals surface area contributed by atoms with Crippen molar-refractivity contribution in [3.05, 3.63) is 71.9 Å². The number of para-hydroxylation sites is 1. The molecule has 0 saturated heterocycles. The van der Waals surface area contributed by atoms with Crippen molar-refractivity contribution in [2.75, 3.05) is 5.32 Å². The molecule has 0 radical (unpaired) electrons. The van der Waals surface area contributed by atoms with Crippen molar-refractivity contribution in [3.8, 4) is 0 Å². The van der Waals surface area contributed by atoms with Gasteiger partial charge in [-0.1, -0.05) is 30.3 Å². The molecule has 176 valence electrons. The number of carbonyl (C=O) groups excluding carboxylic acids is 2. The van der Waals surface area contributed by atoms with E-state index in [1.165, 1.54) is 19.4 Å². The van der Waals surface area contributed by atoms with Crippen LogP contribution in [-0.4, -0.2) is 33.4 Å². The number of benzene rings is 2. The first-order valence-corrected chi connectivity index (χ1v) is 11.5. The molecule has 0 atom stereocenters. The van der Waals surface area contributed by atoms with E-state index < -0.39 is 11.5 Å². The smallest absolute Gasteiger partial charge is 0.328 e. The Balaban J connectivity index is 1.35. The van der Waals surface area contributed by atoms with Gasteiger partial charge in [0.1, 0.15) is 5.54 Å². The van der Waals surface area contributed by atoms with E-state index in [1.807, 2.05) is 48.5 Å². The first-order chi connectivity index (χ1) is 16.2. The second-order valence-corrected chi connectivity index (χ2v) is 9.42. The van der Waals surface area contributed by atoms with E-state index in [1.54, 1.807) is 12.3 Å². The largest absolute Gasteiger partial charge is 0.480 e. The van der Waals surface area contributed by atoms with Gasteiger partial charge in [0.05, 0.1) is 11.1 Å². The fourth-order valence-electron chi connectivity index (χ4n) is 4.48. The van der Waals surface area contributed by atoms with Gasteiger partial charge < -0.3 is 15.7 Å². The zero-order valence-corrected chi connectivity index (χ0v) is 19.4. The normalized spacial score (nSPS) is 18.3. The SMILES string of the molecule is CC(C)(NC(=O)[C@H]1CC[C@H](c2ccc(NC(=O)c3cccc4cccnc34)cc2)CC1)C(=O)O. The molecule has 0 unspecified atom stereocenters. The van der Waals surface area contributed by atoms with E-state index in [0.717, 1.165) is 31.1 Å². The fraction of sp³-hybridized carbons (Fsp3) is 0.333. The van der Waals surface area contributed by atoms with Crippen LogP contribution in [0, 0.1) is 5.92 Å². The molecule has 0 bridgehead atoms. The van der Waals surface area contributed by atoms with E-state index in [2.05, 4.69) is 15.6 Å². The van der Waals surface area contributed by atoms with E-state index >= 15 is 0 Å². The van der Waals surface area contributed by atoms with Crippen LogP contribution in [0.4, 0.5) is 5.69 Å². The molecule has 2 amide bonds. The zero-order chi connectivity index (χ0) is 24.3. The molecule has 1 aliphatic carbocycles. The molecule has 0 aliphatic heterocycles. The number of nitrogens with zero attached hydrogens (tertiary/aromatic N) is 1. The van der Waals surface area contributed by atoms with Gasteiger partial charge in [-0.2, -0.15) is 0 Å². The standard InChI is InChI=1S/C27H29N3O4/c1-27(2,26(33)34)30-24(31)20-10-8-17(9-11-20)18-12-14-21(15-13-18)29-25(32)22-7-3-5-19-6-4-16-28-23(19)22/h3-7,12-17,20H,8-11H2,1-2H3,(H,29,32)(H,30,31)(H,33,34)/t17-,20-. The molecule has 34 heavy (non-hydrogen) atoms. The zero-order valence-electron chi connectivity index (χ0n) is 19.4. The molecule has 1 saturated carbocycles. The highest BCUT2D eigenvalue weighted by Crippen LogP contribution is 2.36. The van der Waals surface area contributed by atoms with E-state index in [-0.39, 0.29) is 17.7 Å². The van der Waals surface area contributed by atoms with E-state index in [9.17, 15) is 19.5 Å². The highest BCUT2D eigenvalue weighted by Gasteiger charge is 2.33. The van der Waals surface area contributed by atoms with Crippen LogP contribution in [0.1, 0.15) is 61.4 Å². The summed E-state index contributed by atoms with van der Waals surface area (Å²) in [7, 11) is 0. The van der Waals surface area contributed by atoms with Crippen molar-refractivity contribution in [3.63, 3.8) is 0 Å². The third kappa shape index (κ3) is 5.09. The van der Waals surface area contributed by atoms with Gasteiger partial charge in [-0.05, 0) is 75.3 Å². The monoisotopic (exact) mass is 459 g/mol. The summed E-state index contributed by atoms with van der Waals surface area (Å²) in [6.07, 6.45) is 4.84. The lowest BCUT2D eigenvalue weighted by Gasteiger charge is -2.30. The summed E-state index contributed by atoms with van der Waals surface area (Å²) in [6.45, 7) is 2.99. The van der Waals surface area contributed by atoms with E-state index in [0.29, 0.717) is 22.7 Å². The van der Waals surface area contributed by atoms with Crippen LogP contribution >= 0.6 is 0 Å². The molecule has 2 aromatic carbocycles. The number of aromatic nitrogens is 1. The molecule has 3 aromatic rings. The van der Waals surface area contributed by atoms with Crippen LogP contribution in [0.15, 0.2) is 60.8 Å². The third-order valence-electron chi connectivity index (χ3n) is 6.59. The minimum Gasteiger partial charge on any atom is -0.480 e. The Kier molecular flexibility index (Phi) is 6.63. The summed E-state index contributed by atoms with van der Waals surface area (Å²) in [4.78, 5) is 40.9. The fourth-order valence-corrected chi connectivity index (χ4v) is 4.48. The van der Waals surface area contributed by atoms with Gasteiger partial charge in [0.25, 0.3) is 5.91 Å². The van der Waals surface area contributed by atoms with Crippen LogP contribution in [0.3, 0.4) is 0 Å². The van der Waals surface area contributed by atoms with Crippen LogP contribution in [0.5, 0.6) is 0 Å². The summed E-state index contributed by atoms with van der Waals surface area (Å²) in [5.41, 5.74) is 1.83. The van der Waals surface area contributed by atoms with Gasteiger partial charge >= 0.3 is 5.97 Å². The van der Waals surface area contributed by atoms with Crippen LogP contribution in [0.2, 0.25) is 0 Å². The first kappa shape index (κ1) is 23.4. The maximum atomic E-state index is 12.8. The van der Waals surface area contributed by atoms with Gasteiger partial charge in [0.15, 0.2) is 0 Å². The Labute approximate surface area is 198 Å². The maximum absolute atomic E-state index is 12.8. The number of anilines is 1. The Bertz CT molecular complexity index is 1210. The Morgan fingerprint density at radius 1 is 0.941 bits per heavy atom. The Morgan fingerprint density at radius 3 is 2.29 bits per heavy atom. The Morgan fingerprint density at radius 2 is 1.62 bits per heavy atom.